The van der Waals surface area contributed by atoms with Crippen molar-refractivity contribution in [2.24, 2.45) is 0 Å². The molecule has 1 aliphatic heterocycles. The summed E-state index contributed by atoms with van der Waals surface area (Å²) in [4.78, 5) is 23.0. The molecule has 0 saturated carbocycles. The predicted molar refractivity (Wildman–Crippen MR) is 100.0 cm³/mol. The highest BCUT2D eigenvalue weighted by Gasteiger charge is 2.15. The van der Waals surface area contributed by atoms with Gasteiger partial charge in [0, 0.05) is 37.7 Å². The number of hydrogen-bond acceptors (Lipinski definition) is 8. The van der Waals surface area contributed by atoms with Gasteiger partial charge < -0.3 is 15.0 Å². The predicted octanol–water partition coefficient (Wildman–Crippen LogP) is 0.748. The normalized spacial score (nSPS) is 13.5. The molecule has 4 rings (SSSR count). The molecule has 1 fully saturated rings. The Morgan fingerprint density at radius 3 is 2.79 bits per heavy atom. The number of carbonyl (C=O) groups excluding carboxylic acids is 1. The molecule has 0 aliphatic carbocycles. The Hall–Kier alpha value is -3.56. The van der Waals surface area contributed by atoms with Crippen LogP contribution >= 0.6 is 0 Å². The van der Waals surface area contributed by atoms with Gasteiger partial charge in [0.25, 0.3) is 5.91 Å². The molecular formula is C18H20N8O2. The van der Waals surface area contributed by atoms with Gasteiger partial charge in [0.15, 0.2) is 12.4 Å². The van der Waals surface area contributed by atoms with Gasteiger partial charge in [-0.3, -0.25) is 4.79 Å². The van der Waals surface area contributed by atoms with Gasteiger partial charge in [0.2, 0.25) is 11.8 Å². The fraction of sp³-hybridized carbons (Fsp3) is 0.333. The van der Waals surface area contributed by atoms with Crippen molar-refractivity contribution in [3.8, 4) is 11.7 Å². The lowest BCUT2D eigenvalue weighted by molar-refractivity contribution is -0.123. The highest BCUT2D eigenvalue weighted by molar-refractivity contribution is 5.77. The molecule has 1 saturated heterocycles. The topological polar surface area (TPSA) is 111 Å². The molecule has 0 aromatic carbocycles. The number of rotatable bonds is 7. The van der Waals surface area contributed by atoms with Gasteiger partial charge in [-0.2, -0.15) is 5.10 Å². The first-order valence-electron chi connectivity index (χ1n) is 9.08. The van der Waals surface area contributed by atoms with Gasteiger partial charge in [0.1, 0.15) is 0 Å². The Labute approximate surface area is 161 Å². The quantitative estimate of drug-likeness (QED) is 0.639. The van der Waals surface area contributed by atoms with Crippen molar-refractivity contribution in [2.75, 3.05) is 24.6 Å². The van der Waals surface area contributed by atoms with Gasteiger partial charge in [-0.05, 0) is 31.0 Å². The highest BCUT2D eigenvalue weighted by Crippen LogP contribution is 2.15. The first-order chi connectivity index (χ1) is 13.8. The van der Waals surface area contributed by atoms with E-state index in [0.29, 0.717) is 18.3 Å². The molecule has 3 aromatic heterocycles. The number of aromatic nitrogens is 6. The molecule has 0 atom stereocenters. The zero-order valence-electron chi connectivity index (χ0n) is 15.2. The summed E-state index contributed by atoms with van der Waals surface area (Å²) in [6.07, 6.45) is 7.46. The zero-order chi connectivity index (χ0) is 19.2. The lowest BCUT2D eigenvalue weighted by Gasteiger charge is -2.15. The number of ether oxygens (including phenoxy) is 1. The van der Waals surface area contributed by atoms with Crippen molar-refractivity contribution < 1.29 is 9.53 Å². The van der Waals surface area contributed by atoms with Crippen molar-refractivity contribution in [3.63, 3.8) is 0 Å². The second-order valence-electron chi connectivity index (χ2n) is 6.29. The number of anilines is 1. The second kappa shape index (κ2) is 8.42. The van der Waals surface area contributed by atoms with E-state index >= 15 is 0 Å². The first-order valence-corrected chi connectivity index (χ1v) is 9.08. The zero-order valence-corrected chi connectivity index (χ0v) is 15.2. The summed E-state index contributed by atoms with van der Waals surface area (Å²) in [6, 6.07) is 6.94. The molecule has 1 aliphatic rings. The summed E-state index contributed by atoms with van der Waals surface area (Å²) in [6.45, 7) is 2.11. The Morgan fingerprint density at radius 2 is 2.04 bits per heavy atom. The number of nitrogens with zero attached hydrogens (tertiary/aromatic N) is 7. The summed E-state index contributed by atoms with van der Waals surface area (Å²) < 4.78 is 6.96. The van der Waals surface area contributed by atoms with Crippen LogP contribution in [0.5, 0.6) is 5.88 Å². The Morgan fingerprint density at radius 1 is 1.14 bits per heavy atom. The monoisotopic (exact) mass is 380 g/mol. The van der Waals surface area contributed by atoms with Crippen LogP contribution in [0, 0.1) is 0 Å². The summed E-state index contributed by atoms with van der Waals surface area (Å²) in [7, 11) is 0. The standard InChI is InChI=1S/C18H20N8O2/c27-16(13-28-17-5-4-15(23-24-17)26-11-3-7-21-26)20-12-14-6-8-19-18(22-14)25-9-1-2-10-25/h3-8,11H,1-2,9-10,12-13H2,(H,20,27). The fourth-order valence-electron chi connectivity index (χ4n) is 2.85. The van der Waals surface area contributed by atoms with Crippen molar-refractivity contribution >= 4 is 11.9 Å². The molecule has 4 heterocycles. The third kappa shape index (κ3) is 4.40. The fourth-order valence-corrected chi connectivity index (χ4v) is 2.85. The van der Waals surface area contributed by atoms with Crippen LogP contribution in [0.2, 0.25) is 0 Å². The lowest BCUT2D eigenvalue weighted by atomic mass is 10.4. The Bertz CT molecular complexity index is 908. The minimum Gasteiger partial charge on any atom is -0.466 e. The summed E-state index contributed by atoms with van der Waals surface area (Å²) in [5, 5.41) is 14.8. The van der Waals surface area contributed by atoms with E-state index in [1.165, 1.54) is 0 Å². The van der Waals surface area contributed by atoms with E-state index in [0.717, 1.165) is 31.6 Å². The number of nitrogens with one attached hydrogen (secondary N) is 1. The minimum absolute atomic E-state index is 0.153. The smallest absolute Gasteiger partial charge is 0.258 e. The van der Waals surface area contributed by atoms with Crippen LogP contribution in [0.25, 0.3) is 5.82 Å². The van der Waals surface area contributed by atoms with Crippen molar-refractivity contribution in [1.29, 1.82) is 0 Å². The van der Waals surface area contributed by atoms with E-state index in [2.05, 4.69) is 35.5 Å². The molecule has 144 valence electrons. The van der Waals surface area contributed by atoms with Crippen molar-refractivity contribution in [1.82, 2.24) is 35.3 Å². The van der Waals surface area contributed by atoms with Crippen LogP contribution in [-0.4, -0.2) is 55.5 Å². The minimum atomic E-state index is -0.265. The molecule has 0 spiro atoms. The maximum Gasteiger partial charge on any atom is 0.258 e. The first kappa shape index (κ1) is 17.8. The molecule has 28 heavy (non-hydrogen) atoms. The van der Waals surface area contributed by atoms with Crippen molar-refractivity contribution in [2.45, 2.75) is 19.4 Å². The third-order valence-electron chi connectivity index (χ3n) is 4.27. The van der Waals surface area contributed by atoms with Crippen molar-refractivity contribution in [3.05, 3.63) is 48.5 Å². The number of amides is 1. The maximum absolute atomic E-state index is 12.0. The van der Waals surface area contributed by atoms with Gasteiger partial charge >= 0.3 is 0 Å². The Balaban J connectivity index is 1.25. The molecule has 10 nitrogen and oxygen atoms in total. The van der Waals surface area contributed by atoms with Crippen LogP contribution in [0.3, 0.4) is 0 Å². The van der Waals surface area contributed by atoms with E-state index in [4.69, 9.17) is 4.74 Å². The average Bonchev–Trinajstić information content (AvgIpc) is 3.46. The van der Waals surface area contributed by atoms with Crippen LogP contribution in [-0.2, 0) is 11.3 Å². The molecular weight excluding hydrogens is 360 g/mol. The maximum atomic E-state index is 12.0. The van der Waals surface area contributed by atoms with Gasteiger partial charge in [-0.1, -0.05) is 0 Å². The van der Waals surface area contributed by atoms with E-state index < -0.39 is 0 Å². The van der Waals surface area contributed by atoms with Crippen LogP contribution in [0.4, 0.5) is 5.95 Å². The highest BCUT2D eigenvalue weighted by atomic mass is 16.5. The summed E-state index contributed by atoms with van der Waals surface area (Å²) >= 11 is 0. The average molecular weight is 380 g/mol. The molecule has 1 amide bonds. The van der Waals surface area contributed by atoms with Crippen LogP contribution < -0.4 is 15.0 Å². The largest absolute Gasteiger partial charge is 0.466 e. The molecule has 0 unspecified atom stereocenters. The molecule has 1 N–H and O–H groups in total. The van der Waals surface area contributed by atoms with Crippen LogP contribution in [0.15, 0.2) is 42.9 Å². The Kier molecular flexibility index (Phi) is 5.36. The molecule has 10 heteroatoms. The summed E-state index contributed by atoms with van der Waals surface area (Å²) in [5.41, 5.74) is 0.758. The second-order valence-corrected chi connectivity index (χ2v) is 6.29. The van der Waals surface area contributed by atoms with E-state index in [-0.39, 0.29) is 18.4 Å². The molecule has 0 radical (unpaired) electrons. The lowest BCUT2D eigenvalue weighted by Crippen LogP contribution is -2.29. The summed E-state index contributed by atoms with van der Waals surface area (Å²) in [5.74, 6) is 1.29. The number of carbonyl (C=O) groups is 1. The molecule has 3 aromatic rings. The molecule has 0 bridgehead atoms. The van der Waals surface area contributed by atoms with Gasteiger partial charge in [0.05, 0.1) is 12.2 Å². The van der Waals surface area contributed by atoms with Gasteiger partial charge in [-0.25, -0.2) is 14.6 Å². The van der Waals surface area contributed by atoms with E-state index in [1.807, 2.05) is 0 Å². The van der Waals surface area contributed by atoms with E-state index in [9.17, 15) is 4.79 Å². The third-order valence-corrected chi connectivity index (χ3v) is 4.27. The number of hydrogen-bond donors (Lipinski definition) is 1. The SMILES string of the molecule is O=C(COc1ccc(-n2cccn2)nn1)NCc1ccnc(N2CCCC2)n1. The van der Waals surface area contributed by atoms with E-state index in [1.54, 1.807) is 47.5 Å². The van der Waals surface area contributed by atoms with Crippen LogP contribution in [0.1, 0.15) is 18.5 Å². The van der Waals surface area contributed by atoms with Gasteiger partial charge in [-0.15, -0.1) is 10.2 Å².